The Bertz CT molecular complexity index is 1350. The lowest BCUT2D eigenvalue weighted by Gasteiger charge is -2.29. The molecule has 0 atom stereocenters. The summed E-state index contributed by atoms with van der Waals surface area (Å²) in [5.74, 6) is -0.394. The van der Waals surface area contributed by atoms with Crippen LogP contribution in [0.2, 0.25) is 5.02 Å². The fraction of sp³-hybridized carbons (Fsp3) is 0.208. The number of hydrogen-bond acceptors (Lipinski definition) is 5. The molecule has 2 amide bonds. The molecule has 2 aromatic carbocycles. The van der Waals surface area contributed by atoms with Gasteiger partial charge < -0.3 is 10.2 Å². The summed E-state index contributed by atoms with van der Waals surface area (Å²) in [4.78, 5) is 36.8. The molecule has 3 aromatic rings. The number of rotatable bonds is 5. The molecular formula is C24H20ClN5O2S2. The van der Waals surface area contributed by atoms with E-state index in [0.717, 1.165) is 11.1 Å². The van der Waals surface area contributed by atoms with Crippen molar-refractivity contribution >= 4 is 69.1 Å². The number of aryl methyl sites for hydroxylation is 1. The topological polar surface area (TPSA) is 69.9 Å². The first kappa shape index (κ1) is 23.8. The lowest BCUT2D eigenvalue weighted by molar-refractivity contribution is -0.120. The van der Waals surface area contributed by atoms with Gasteiger partial charge in [0.05, 0.1) is 18.3 Å². The Hall–Kier alpha value is -3.32. The van der Waals surface area contributed by atoms with E-state index < -0.39 is 5.54 Å². The molecule has 0 bridgehead atoms. The second kappa shape index (κ2) is 9.14. The number of aromatic nitrogens is 1. The molecule has 172 valence electrons. The van der Waals surface area contributed by atoms with Crippen LogP contribution in [0.4, 0.5) is 17.1 Å². The Morgan fingerprint density at radius 3 is 2.62 bits per heavy atom. The molecule has 1 saturated heterocycles. The number of carbonyl (C=O) groups is 2. The highest BCUT2D eigenvalue weighted by Crippen LogP contribution is 2.38. The van der Waals surface area contributed by atoms with Crippen molar-refractivity contribution in [3.05, 3.63) is 80.5 Å². The summed E-state index contributed by atoms with van der Waals surface area (Å²) in [7, 11) is 0. The summed E-state index contributed by atoms with van der Waals surface area (Å²) in [5, 5.41) is 3.60. The average Bonchev–Trinajstić information content (AvgIpc) is 3.39. The number of nitrogens with one attached hydrogen (secondary N) is 1. The highest BCUT2D eigenvalue weighted by Gasteiger charge is 2.50. The van der Waals surface area contributed by atoms with Gasteiger partial charge in [-0.05, 0) is 68.4 Å². The number of thiazole rings is 1. The van der Waals surface area contributed by atoms with E-state index in [4.69, 9.17) is 30.4 Å². The van der Waals surface area contributed by atoms with E-state index in [1.54, 1.807) is 48.5 Å². The van der Waals surface area contributed by atoms with Crippen LogP contribution < -0.4 is 15.1 Å². The zero-order valence-corrected chi connectivity index (χ0v) is 21.0. The second-order valence-electron chi connectivity index (χ2n) is 8.22. The molecule has 34 heavy (non-hydrogen) atoms. The smallest absolute Gasteiger partial charge is 0.263 e. The minimum absolute atomic E-state index is 0.176. The maximum absolute atomic E-state index is 13.4. The third kappa shape index (κ3) is 4.16. The van der Waals surface area contributed by atoms with Crippen molar-refractivity contribution in [2.45, 2.75) is 32.9 Å². The fourth-order valence-electron chi connectivity index (χ4n) is 3.77. The summed E-state index contributed by atoms with van der Waals surface area (Å²) in [6.45, 7) is 12.9. The van der Waals surface area contributed by atoms with Crippen LogP contribution in [-0.2, 0) is 11.3 Å². The first-order chi connectivity index (χ1) is 16.1. The number of carbonyl (C=O) groups excluding carboxylic acids is 2. The minimum Gasteiger partial charge on any atom is -0.347 e. The van der Waals surface area contributed by atoms with Crippen LogP contribution in [0.5, 0.6) is 0 Å². The van der Waals surface area contributed by atoms with E-state index >= 15 is 0 Å². The Kier molecular flexibility index (Phi) is 6.41. The molecule has 0 spiro atoms. The number of thiocarbonyl (C=S) groups is 1. The number of nitrogens with zero attached hydrogens (tertiary/aromatic N) is 4. The van der Waals surface area contributed by atoms with Gasteiger partial charge in [-0.15, -0.1) is 11.3 Å². The summed E-state index contributed by atoms with van der Waals surface area (Å²) < 4.78 is 0. The maximum Gasteiger partial charge on any atom is 0.263 e. The third-order valence-electron chi connectivity index (χ3n) is 5.62. The van der Waals surface area contributed by atoms with Crippen molar-refractivity contribution in [1.82, 2.24) is 10.3 Å². The molecule has 0 saturated carbocycles. The van der Waals surface area contributed by atoms with E-state index in [1.807, 2.05) is 19.1 Å². The second-order valence-corrected chi connectivity index (χ2v) is 9.88. The number of benzene rings is 2. The van der Waals surface area contributed by atoms with Crippen LogP contribution in [-0.4, -0.2) is 27.4 Å². The van der Waals surface area contributed by atoms with Gasteiger partial charge in [0.15, 0.2) is 10.8 Å². The van der Waals surface area contributed by atoms with Crippen molar-refractivity contribution in [3.8, 4) is 0 Å². The summed E-state index contributed by atoms with van der Waals surface area (Å²) in [6, 6.07) is 10.6. The molecule has 2 heterocycles. The van der Waals surface area contributed by atoms with E-state index in [1.165, 1.54) is 22.4 Å². The fourth-order valence-corrected chi connectivity index (χ4v) is 5.07. The van der Waals surface area contributed by atoms with Crippen LogP contribution in [0.3, 0.4) is 0 Å². The SMILES string of the molecule is [C-]#[N+]c1ccc(N2C(=O)C(C)(C)N(c3ccc(CNC(=O)c4cncs4)c(Cl)c3)C2=S)cc1C. The van der Waals surface area contributed by atoms with Crippen molar-refractivity contribution < 1.29 is 9.59 Å². The molecule has 1 aliphatic heterocycles. The van der Waals surface area contributed by atoms with Gasteiger partial charge in [-0.25, -0.2) is 4.85 Å². The highest BCUT2D eigenvalue weighted by molar-refractivity contribution is 7.81. The first-order valence-electron chi connectivity index (χ1n) is 10.3. The predicted octanol–water partition coefficient (Wildman–Crippen LogP) is 5.50. The van der Waals surface area contributed by atoms with E-state index in [-0.39, 0.29) is 18.4 Å². The van der Waals surface area contributed by atoms with Crippen molar-refractivity contribution in [2.24, 2.45) is 0 Å². The molecule has 7 nitrogen and oxygen atoms in total. The normalized spacial score (nSPS) is 14.9. The van der Waals surface area contributed by atoms with E-state index in [0.29, 0.717) is 32.1 Å². The van der Waals surface area contributed by atoms with Gasteiger partial charge in [0.2, 0.25) is 0 Å². The number of anilines is 2. The number of amides is 2. The molecule has 0 radical (unpaired) electrons. The zero-order valence-electron chi connectivity index (χ0n) is 18.6. The summed E-state index contributed by atoms with van der Waals surface area (Å²) in [6.07, 6.45) is 1.51. The average molecular weight is 510 g/mol. The van der Waals surface area contributed by atoms with E-state index in [2.05, 4.69) is 15.1 Å². The number of halogens is 1. The molecule has 1 aromatic heterocycles. The Morgan fingerprint density at radius 2 is 2.00 bits per heavy atom. The molecule has 0 unspecified atom stereocenters. The van der Waals surface area contributed by atoms with Gasteiger partial charge in [0, 0.05) is 22.9 Å². The lowest BCUT2D eigenvalue weighted by atomic mass is 10.0. The molecule has 0 aliphatic carbocycles. The molecule has 1 fully saturated rings. The zero-order chi connectivity index (χ0) is 24.6. The quantitative estimate of drug-likeness (QED) is 0.363. The first-order valence-corrected chi connectivity index (χ1v) is 11.9. The molecular weight excluding hydrogens is 490 g/mol. The minimum atomic E-state index is -0.950. The predicted molar refractivity (Wildman–Crippen MR) is 139 cm³/mol. The van der Waals surface area contributed by atoms with Gasteiger partial charge in [0.25, 0.3) is 11.8 Å². The Labute approximate surface area is 211 Å². The lowest BCUT2D eigenvalue weighted by Crippen LogP contribution is -2.44. The van der Waals surface area contributed by atoms with Gasteiger partial charge in [-0.2, -0.15) is 0 Å². The summed E-state index contributed by atoms with van der Waals surface area (Å²) in [5.41, 5.74) is 3.97. The van der Waals surface area contributed by atoms with Crippen LogP contribution in [0.15, 0.2) is 48.1 Å². The monoisotopic (exact) mass is 509 g/mol. The highest BCUT2D eigenvalue weighted by atomic mass is 35.5. The Balaban J connectivity index is 1.59. The third-order valence-corrected chi connectivity index (χ3v) is 7.11. The van der Waals surface area contributed by atoms with Gasteiger partial charge in [-0.3, -0.25) is 19.5 Å². The van der Waals surface area contributed by atoms with Crippen molar-refractivity contribution in [1.29, 1.82) is 0 Å². The number of hydrogen-bond donors (Lipinski definition) is 1. The van der Waals surface area contributed by atoms with Gasteiger partial charge in [0.1, 0.15) is 10.4 Å². The van der Waals surface area contributed by atoms with Crippen molar-refractivity contribution in [2.75, 3.05) is 9.80 Å². The van der Waals surface area contributed by atoms with Crippen LogP contribution in [0, 0.1) is 13.5 Å². The standard InChI is InChI=1S/C24H20ClN5O2S2/c1-14-9-16(7-8-19(14)26-4)29-22(32)24(2,3)30(23(29)33)17-6-5-15(18(25)10-17)11-28-21(31)20-12-27-13-34-20/h5-10,12-13H,11H2,1-3H3,(H,28,31). The maximum atomic E-state index is 13.4. The van der Waals surface area contributed by atoms with Crippen molar-refractivity contribution in [3.63, 3.8) is 0 Å². The van der Waals surface area contributed by atoms with Crippen LogP contribution >= 0.6 is 35.2 Å². The molecule has 1 N–H and O–H groups in total. The van der Waals surface area contributed by atoms with Gasteiger partial charge in [-0.1, -0.05) is 23.7 Å². The van der Waals surface area contributed by atoms with Crippen LogP contribution in [0.25, 0.3) is 4.85 Å². The van der Waals surface area contributed by atoms with Crippen LogP contribution in [0.1, 0.15) is 34.6 Å². The Morgan fingerprint density at radius 1 is 1.26 bits per heavy atom. The largest absolute Gasteiger partial charge is 0.347 e. The molecule has 4 rings (SSSR count). The molecule has 1 aliphatic rings. The molecule has 10 heteroatoms. The van der Waals surface area contributed by atoms with Gasteiger partial charge >= 0.3 is 0 Å². The summed E-state index contributed by atoms with van der Waals surface area (Å²) >= 11 is 13.5. The van der Waals surface area contributed by atoms with E-state index in [9.17, 15) is 9.59 Å².